The lowest BCUT2D eigenvalue weighted by atomic mass is 9.73. The summed E-state index contributed by atoms with van der Waals surface area (Å²) in [6.07, 6.45) is 2.36. The Hall–Kier alpha value is -1.10. The highest BCUT2D eigenvalue weighted by Gasteiger charge is 2.46. The van der Waals surface area contributed by atoms with Crippen molar-refractivity contribution in [1.82, 2.24) is 4.90 Å². The number of benzene rings is 1. The average Bonchev–Trinajstić information content (AvgIpc) is 2.39. The summed E-state index contributed by atoms with van der Waals surface area (Å²) in [5, 5.41) is 0. The molecule has 4 nitrogen and oxygen atoms in total. The van der Waals surface area contributed by atoms with Gasteiger partial charge < -0.3 is 15.2 Å². The molecule has 1 aromatic carbocycles. The Labute approximate surface area is 115 Å². The number of nitrogens with zero attached hydrogens (tertiary/aromatic N) is 1. The highest BCUT2D eigenvalue weighted by atomic mass is 16.5. The quantitative estimate of drug-likeness (QED) is 0.848. The molecular weight excluding hydrogens is 240 g/mol. The molecule has 106 valence electrons. The standard InChI is InChI=1S/C15H24N2O2/c1-17(15(11-16)8-13(9-15)18-2)10-12-6-4-5-7-14(12)19-3/h4-7,13H,8-11,16H2,1-3H3. The van der Waals surface area contributed by atoms with Crippen LogP contribution in [-0.4, -0.2) is 44.4 Å². The van der Waals surface area contributed by atoms with Crippen molar-refractivity contribution in [2.24, 2.45) is 5.73 Å². The zero-order chi connectivity index (χ0) is 13.9. The minimum atomic E-state index is 0.0710. The topological polar surface area (TPSA) is 47.7 Å². The molecular formula is C15H24N2O2. The van der Waals surface area contributed by atoms with Gasteiger partial charge in [-0.15, -0.1) is 0 Å². The predicted molar refractivity (Wildman–Crippen MR) is 76.3 cm³/mol. The Balaban J connectivity index is 2.06. The number of hydrogen-bond acceptors (Lipinski definition) is 4. The van der Waals surface area contributed by atoms with Crippen molar-refractivity contribution in [1.29, 1.82) is 0 Å². The van der Waals surface area contributed by atoms with Gasteiger partial charge in [0.1, 0.15) is 5.75 Å². The molecule has 1 fully saturated rings. The Morgan fingerprint density at radius 2 is 2.00 bits per heavy atom. The van der Waals surface area contributed by atoms with Gasteiger partial charge in [-0.3, -0.25) is 4.90 Å². The Bertz CT molecular complexity index is 416. The lowest BCUT2D eigenvalue weighted by Gasteiger charge is -2.52. The third-order valence-electron chi connectivity index (χ3n) is 4.34. The van der Waals surface area contributed by atoms with E-state index < -0.39 is 0 Å². The van der Waals surface area contributed by atoms with Crippen LogP contribution in [-0.2, 0) is 11.3 Å². The van der Waals surface area contributed by atoms with Gasteiger partial charge in [0.05, 0.1) is 13.2 Å². The summed E-state index contributed by atoms with van der Waals surface area (Å²) in [5.41, 5.74) is 7.25. The first-order valence-electron chi connectivity index (χ1n) is 6.71. The van der Waals surface area contributed by atoms with E-state index in [4.69, 9.17) is 15.2 Å². The number of rotatable bonds is 6. The van der Waals surface area contributed by atoms with Gasteiger partial charge in [-0.2, -0.15) is 0 Å². The molecule has 0 bridgehead atoms. The molecule has 1 aromatic rings. The van der Waals surface area contributed by atoms with Gasteiger partial charge in [-0.05, 0) is 26.0 Å². The smallest absolute Gasteiger partial charge is 0.123 e. The van der Waals surface area contributed by atoms with Crippen molar-refractivity contribution in [3.05, 3.63) is 29.8 Å². The number of methoxy groups -OCH3 is 2. The Morgan fingerprint density at radius 1 is 1.32 bits per heavy atom. The molecule has 1 aliphatic rings. The summed E-state index contributed by atoms with van der Waals surface area (Å²) in [4.78, 5) is 2.33. The zero-order valence-corrected chi connectivity index (χ0v) is 12.1. The molecule has 0 heterocycles. The maximum absolute atomic E-state index is 5.98. The van der Waals surface area contributed by atoms with E-state index in [0.717, 1.165) is 25.1 Å². The molecule has 0 radical (unpaired) electrons. The molecule has 1 aliphatic carbocycles. The van der Waals surface area contributed by atoms with E-state index in [1.807, 2.05) is 18.2 Å². The number of hydrogen-bond donors (Lipinski definition) is 1. The number of para-hydroxylation sites is 1. The van der Waals surface area contributed by atoms with Gasteiger partial charge in [0.25, 0.3) is 0 Å². The third kappa shape index (κ3) is 2.76. The predicted octanol–water partition coefficient (Wildman–Crippen LogP) is 1.63. The highest BCUT2D eigenvalue weighted by molar-refractivity contribution is 5.33. The summed E-state index contributed by atoms with van der Waals surface area (Å²) >= 11 is 0. The van der Waals surface area contributed by atoms with Crippen LogP contribution < -0.4 is 10.5 Å². The number of likely N-dealkylation sites (N-methyl/N-ethyl adjacent to an activating group) is 1. The average molecular weight is 264 g/mol. The van der Waals surface area contributed by atoms with Crippen LogP contribution in [0.2, 0.25) is 0 Å². The summed E-state index contributed by atoms with van der Waals surface area (Å²) in [6.45, 7) is 1.51. The molecule has 1 saturated carbocycles. The van der Waals surface area contributed by atoms with Gasteiger partial charge in [0, 0.05) is 31.3 Å². The molecule has 2 N–H and O–H groups in total. The minimum absolute atomic E-state index is 0.0710. The first-order valence-corrected chi connectivity index (χ1v) is 6.71. The molecule has 0 unspecified atom stereocenters. The molecule has 19 heavy (non-hydrogen) atoms. The largest absolute Gasteiger partial charge is 0.496 e. The molecule has 0 amide bonds. The first kappa shape index (κ1) is 14.3. The number of ether oxygens (including phenoxy) is 2. The van der Waals surface area contributed by atoms with Crippen LogP contribution in [0.15, 0.2) is 24.3 Å². The third-order valence-corrected chi connectivity index (χ3v) is 4.34. The second-order valence-electron chi connectivity index (χ2n) is 5.36. The maximum Gasteiger partial charge on any atom is 0.123 e. The molecule has 4 heteroatoms. The van der Waals surface area contributed by atoms with E-state index in [9.17, 15) is 0 Å². The Kier molecular flexibility index (Phi) is 4.45. The fourth-order valence-electron chi connectivity index (χ4n) is 2.85. The summed E-state index contributed by atoms with van der Waals surface area (Å²) in [5.74, 6) is 0.934. The fraction of sp³-hybridized carbons (Fsp3) is 0.600. The van der Waals surface area contributed by atoms with Gasteiger partial charge in [0.2, 0.25) is 0 Å². The van der Waals surface area contributed by atoms with Crippen molar-refractivity contribution in [2.75, 3.05) is 27.8 Å². The molecule has 0 spiro atoms. The van der Waals surface area contributed by atoms with Gasteiger partial charge >= 0.3 is 0 Å². The molecule has 0 saturated heterocycles. The van der Waals surface area contributed by atoms with Gasteiger partial charge in [0.15, 0.2) is 0 Å². The van der Waals surface area contributed by atoms with Gasteiger partial charge in [-0.1, -0.05) is 18.2 Å². The normalized spacial score (nSPS) is 26.3. The van der Waals surface area contributed by atoms with Crippen LogP contribution in [0, 0.1) is 0 Å². The number of nitrogens with two attached hydrogens (primary N) is 1. The summed E-state index contributed by atoms with van der Waals surface area (Å²) in [7, 11) is 5.61. The van der Waals surface area contributed by atoms with E-state index in [2.05, 4.69) is 18.0 Å². The van der Waals surface area contributed by atoms with Gasteiger partial charge in [-0.25, -0.2) is 0 Å². The molecule has 0 atom stereocenters. The van der Waals surface area contributed by atoms with Crippen molar-refractivity contribution in [2.45, 2.75) is 31.0 Å². The second-order valence-corrected chi connectivity index (χ2v) is 5.36. The van der Waals surface area contributed by atoms with Crippen LogP contribution in [0.3, 0.4) is 0 Å². The van der Waals surface area contributed by atoms with E-state index in [-0.39, 0.29) is 5.54 Å². The van der Waals surface area contributed by atoms with Crippen molar-refractivity contribution >= 4 is 0 Å². The van der Waals surface area contributed by atoms with E-state index in [0.29, 0.717) is 12.6 Å². The minimum Gasteiger partial charge on any atom is -0.496 e. The van der Waals surface area contributed by atoms with Crippen LogP contribution in [0.5, 0.6) is 5.75 Å². The lowest BCUT2D eigenvalue weighted by Crippen LogP contribution is -2.62. The summed E-state index contributed by atoms with van der Waals surface area (Å²) in [6, 6.07) is 8.13. The van der Waals surface area contributed by atoms with Crippen molar-refractivity contribution < 1.29 is 9.47 Å². The first-order chi connectivity index (χ1) is 9.15. The maximum atomic E-state index is 5.98. The monoisotopic (exact) mass is 264 g/mol. The zero-order valence-electron chi connectivity index (χ0n) is 12.1. The Morgan fingerprint density at radius 3 is 2.58 bits per heavy atom. The van der Waals surface area contributed by atoms with Crippen LogP contribution in [0.25, 0.3) is 0 Å². The lowest BCUT2D eigenvalue weighted by molar-refractivity contribution is -0.0812. The van der Waals surface area contributed by atoms with Crippen LogP contribution in [0.4, 0.5) is 0 Å². The molecule has 2 rings (SSSR count). The van der Waals surface area contributed by atoms with E-state index >= 15 is 0 Å². The van der Waals surface area contributed by atoms with Crippen molar-refractivity contribution in [3.8, 4) is 5.75 Å². The second kappa shape index (κ2) is 5.90. The van der Waals surface area contributed by atoms with E-state index in [1.54, 1.807) is 14.2 Å². The van der Waals surface area contributed by atoms with Crippen molar-refractivity contribution in [3.63, 3.8) is 0 Å². The highest BCUT2D eigenvalue weighted by Crippen LogP contribution is 2.39. The molecule has 0 aliphatic heterocycles. The van der Waals surface area contributed by atoms with Crippen LogP contribution in [0.1, 0.15) is 18.4 Å². The fourth-order valence-corrected chi connectivity index (χ4v) is 2.85. The SMILES string of the molecule is COc1ccccc1CN(C)C1(CN)CC(OC)C1. The van der Waals surface area contributed by atoms with E-state index in [1.165, 1.54) is 5.56 Å². The summed E-state index contributed by atoms with van der Waals surface area (Å²) < 4.78 is 10.8. The molecule has 0 aromatic heterocycles. The van der Waals surface area contributed by atoms with Crippen LogP contribution >= 0.6 is 0 Å².